The molecule has 0 saturated heterocycles. The van der Waals surface area contributed by atoms with Crippen molar-refractivity contribution in [2.24, 2.45) is 0 Å². The molecule has 0 aliphatic rings. The molecule has 3 heteroatoms. The normalized spacial score (nSPS) is 10.5. The predicted octanol–water partition coefficient (Wildman–Crippen LogP) is 4.19. The highest BCUT2D eigenvalue weighted by Crippen LogP contribution is 2.19. The molecule has 0 atom stereocenters. The minimum Gasteiger partial charge on any atom is -0.240 e. The maximum atomic E-state index is 5.98. The third-order valence-corrected chi connectivity index (χ3v) is 2.97. The van der Waals surface area contributed by atoms with E-state index >= 15 is 0 Å². The van der Waals surface area contributed by atoms with Crippen molar-refractivity contribution in [2.75, 3.05) is 0 Å². The second-order valence-corrected chi connectivity index (χ2v) is 4.43. The zero-order valence-corrected chi connectivity index (χ0v) is 10.4. The van der Waals surface area contributed by atoms with Crippen LogP contribution >= 0.6 is 11.6 Å². The molecule has 0 aliphatic carbocycles. The molecule has 88 valence electrons. The van der Waals surface area contributed by atoms with Gasteiger partial charge in [-0.3, -0.25) is 0 Å². The van der Waals surface area contributed by atoms with Crippen LogP contribution < -0.4 is 0 Å². The molecule has 0 N–H and O–H groups in total. The minimum absolute atomic E-state index is 0.712. The Morgan fingerprint density at radius 2 is 1.72 bits per heavy atom. The molecule has 2 aromatic carbocycles. The van der Waals surface area contributed by atoms with E-state index in [-0.39, 0.29) is 0 Å². The molecule has 2 nitrogen and oxygen atoms in total. The lowest BCUT2D eigenvalue weighted by molar-refractivity contribution is 0.884. The smallest absolute Gasteiger partial charge is 0.0927 e. The first kappa shape index (κ1) is 11.1. The van der Waals surface area contributed by atoms with E-state index in [0.717, 1.165) is 16.9 Å². The first-order chi connectivity index (χ1) is 8.83. The number of hydrogen-bond acceptors (Lipinski definition) is 1. The van der Waals surface area contributed by atoms with Gasteiger partial charge in [0.2, 0.25) is 0 Å². The van der Waals surface area contributed by atoms with Crippen LogP contribution in [0.2, 0.25) is 5.02 Å². The van der Waals surface area contributed by atoms with Crippen LogP contribution in [0.3, 0.4) is 0 Å². The number of benzene rings is 2. The van der Waals surface area contributed by atoms with E-state index in [2.05, 4.69) is 5.10 Å². The van der Waals surface area contributed by atoms with E-state index in [1.807, 2.05) is 71.5 Å². The Kier molecular flexibility index (Phi) is 2.87. The number of aromatic nitrogens is 2. The Hall–Kier alpha value is -2.06. The van der Waals surface area contributed by atoms with Gasteiger partial charge in [-0.05, 0) is 24.3 Å². The lowest BCUT2D eigenvalue weighted by Gasteiger charge is -2.01. The van der Waals surface area contributed by atoms with E-state index in [1.165, 1.54) is 0 Å². The molecule has 0 amide bonds. The third kappa shape index (κ3) is 2.15. The third-order valence-electron chi connectivity index (χ3n) is 2.73. The second kappa shape index (κ2) is 4.67. The quantitative estimate of drug-likeness (QED) is 0.670. The van der Waals surface area contributed by atoms with Crippen molar-refractivity contribution in [3.63, 3.8) is 0 Å². The van der Waals surface area contributed by atoms with E-state index in [0.29, 0.717) is 5.02 Å². The standard InChI is InChI=1S/C15H11ClN2/c16-13-7-4-8-14(11-13)18-10-9-15(17-18)12-5-2-1-3-6-12/h1-11H. The van der Waals surface area contributed by atoms with Gasteiger partial charge in [0.25, 0.3) is 0 Å². The van der Waals surface area contributed by atoms with Crippen LogP contribution in [0.4, 0.5) is 0 Å². The van der Waals surface area contributed by atoms with Gasteiger partial charge in [-0.25, -0.2) is 4.68 Å². The van der Waals surface area contributed by atoms with Crippen LogP contribution in [0.15, 0.2) is 66.9 Å². The van der Waals surface area contributed by atoms with E-state index in [1.54, 1.807) is 0 Å². The molecule has 0 unspecified atom stereocenters. The molecule has 3 rings (SSSR count). The minimum atomic E-state index is 0.712. The summed E-state index contributed by atoms with van der Waals surface area (Å²) in [7, 11) is 0. The van der Waals surface area contributed by atoms with E-state index in [9.17, 15) is 0 Å². The van der Waals surface area contributed by atoms with Crippen molar-refractivity contribution in [1.82, 2.24) is 9.78 Å². The van der Waals surface area contributed by atoms with Gasteiger partial charge in [0.05, 0.1) is 11.4 Å². The molecule has 1 aromatic heterocycles. The van der Waals surface area contributed by atoms with Crippen LogP contribution in [0, 0.1) is 0 Å². The summed E-state index contributed by atoms with van der Waals surface area (Å²) in [6.07, 6.45) is 1.94. The fraction of sp³-hybridized carbons (Fsp3) is 0. The zero-order chi connectivity index (χ0) is 12.4. The second-order valence-electron chi connectivity index (χ2n) is 3.99. The summed E-state index contributed by atoms with van der Waals surface area (Å²) >= 11 is 5.98. The van der Waals surface area contributed by atoms with Gasteiger partial charge in [-0.2, -0.15) is 5.10 Å². The molecular weight excluding hydrogens is 244 g/mol. The molecule has 0 aliphatic heterocycles. The summed E-state index contributed by atoms with van der Waals surface area (Å²) in [6, 6.07) is 19.7. The van der Waals surface area contributed by atoms with Crippen LogP contribution in [0.25, 0.3) is 16.9 Å². The summed E-state index contributed by atoms with van der Waals surface area (Å²) < 4.78 is 1.83. The molecule has 18 heavy (non-hydrogen) atoms. The van der Waals surface area contributed by atoms with Gasteiger partial charge in [0, 0.05) is 16.8 Å². The Bertz CT molecular complexity index is 659. The summed E-state index contributed by atoms with van der Waals surface area (Å²) in [4.78, 5) is 0. The van der Waals surface area contributed by atoms with Crippen molar-refractivity contribution in [3.8, 4) is 16.9 Å². The van der Waals surface area contributed by atoms with Crippen LogP contribution in [0.1, 0.15) is 0 Å². The van der Waals surface area contributed by atoms with Gasteiger partial charge in [0.1, 0.15) is 0 Å². The van der Waals surface area contributed by atoms with Gasteiger partial charge < -0.3 is 0 Å². The van der Waals surface area contributed by atoms with E-state index in [4.69, 9.17) is 11.6 Å². The highest BCUT2D eigenvalue weighted by molar-refractivity contribution is 6.30. The fourth-order valence-corrected chi connectivity index (χ4v) is 2.03. The molecule has 1 heterocycles. The first-order valence-corrected chi connectivity index (χ1v) is 6.08. The summed E-state index contributed by atoms with van der Waals surface area (Å²) in [6.45, 7) is 0. The maximum Gasteiger partial charge on any atom is 0.0927 e. The Morgan fingerprint density at radius 1 is 0.889 bits per heavy atom. The molecule has 0 fully saturated rings. The van der Waals surface area contributed by atoms with Gasteiger partial charge in [0.15, 0.2) is 0 Å². The summed E-state index contributed by atoms with van der Waals surface area (Å²) in [5.41, 5.74) is 3.03. The topological polar surface area (TPSA) is 17.8 Å². The van der Waals surface area contributed by atoms with Crippen molar-refractivity contribution >= 4 is 11.6 Å². The largest absolute Gasteiger partial charge is 0.240 e. The lowest BCUT2D eigenvalue weighted by Crippen LogP contribution is -1.94. The zero-order valence-electron chi connectivity index (χ0n) is 9.62. The Balaban J connectivity index is 2.00. The van der Waals surface area contributed by atoms with E-state index < -0.39 is 0 Å². The summed E-state index contributed by atoms with van der Waals surface area (Å²) in [5.74, 6) is 0. The lowest BCUT2D eigenvalue weighted by atomic mass is 10.2. The van der Waals surface area contributed by atoms with Crippen LogP contribution in [-0.2, 0) is 0 Å². The Labute approximate surface area is 110 Å². The number of hydrogen-bond donors (Lipinski definition) is 0. The highest BCUT2D eigenvalue weighted by Gasteiger charge is 2.03. The molecule has 0 saturated carbocycles. The monoisotopic (exact) mass is 254 g/mol. The van der Waals surface area contributed by atoms with Crippen molar-refractivity contribution < 1.29 is 0 Å². The van der Waals surface area contributed by atoms with Gasteiger partial charge >= 0.3 is 0 Å². The summed E-state index contributed by atoms with van der Waals surface area (Å²) in [5, 5.41) is 5.26. The average Bonchev–Trinajstić information content (AvgIpc) is 2.89. The molecular formula is C15H11ClN2. The Morgan fingerprint density at radius 3 is 2.50 bits per heavy atom. The average molecular weight is 255 g/mol. The van der Waals surface area contributed by atoms with Crippen molar-refractivity contribution in [2.45, 2.75) is 0 Å². The molecule has 0 spiro atoms. The number of rotatable bonds is 2. The number of halogens is 1. The molecule has 0 bridgehead atoms. The first-order valence-electron chi connectivity index (χ1n) is 5.70. The fourth-order valence-electron chi connectivity index (χ4n) is 1.85. The molecule has 3 aromatic rings. The molecule has 0 radical (unpaired) electrons. The van der Waals surface area contributed by atoms with Crippen LogP contribution in [-0.4, -0.2) is 9.78 Å². The van der Waals surface area contributed by atoms with Crippen LogP contribution in [0.5, 0.6) is 0 Å². The predicted molar refractivity (Wildman–Crippen MR) is 74.0 cm³/mol. The van der Waals surface area contributed by atoms with Crippen molar-refractivity contribution in [3.05, 3.63) is 71.9 Å². The number of nitrogens with zero attached hydrogens (tertiary/aromatic N) is 2. The van der Waals surface area contributed by atoms with Gasteiger partial charge in [-0.1, -0.05) is 48.0 Å². The maximum absolute atomic E-state index is 5.98. The SMILES string of the molecule is Clc1cccc(-n2ccc(-c3ccccc3)n2)c1. The van der Waals surface area contributed by atoms with Gasteiger partial charge in [-0.15, -0.1) is 0 Å². The van der Waals surface area contributed by atoms with Crippen molar-refractivity contribution in [1.29, 1.82) is 0 Å². The highest BCUT2D eigenvalue weighted by atomic mass is 35.5.